The molecule has 0 aromatic heterocycles. The quantitative estimate of drug-likeness (QED) is 0.736. The van der Waals surface area contributed by atoms with Gasteiger partial charge in [-0.05, 0) is 61.3 Å². The van der Waals surface area contributed by atoms with Crippen molar-refractivity contribution in [3.63, 3.8) is 0 Å². The van der Waals surface area contributed by atoms with Crippen LogP contribution in [0.2, 0.25) is 0 Å². The lowest BCUT2D eigenvalue weighted by molar-refractivity contribution is -0.128. The molecule has 24 heavy (non-hydrogen) atoms. The maximum atomic E-state index is 12.3. The molecule has 1 fully saturated rings. The molecule has 0 bridgehead atoms. The van der Waals surface area contributed by atoms with Crippen molar-refractivity contribution >= 4 is 11.8 Å². The first-order valence-corrected chi connectivity index (χ1v) is 8.79. The van der Waals surface area contributed by atoms with Crippen LogP contribution in [-0.2, 0) is 17.6 Å². The molecule has 3 rings (SSSR count). The second kappa shape index (κ2) is 6.55. The predicted molar refractivity (Wildman–Crippen MR) is 91.5 cm³/mol. The van der Waals surface area contributed by atoms with Crippen LogP contribution in [0.15, 0.2) is 18.2 Å². The normalized spacial score (nSPS) is 23.9. The fourth-order valence-electron chi connectivity index (χ4n) is 3.87. The molecule has 1 saturated heterocycles. The Morgan fingerprint density at radius 3 is 2.79 bits per heavy atom. The Morgan fingerprint density at radius 1 is 1.33 bits per heavy atom. The van der Waals surface area contributed by atoms with E-state index < -0.39 is 6.23 Å². The minimum atomic E-state index is -0.833. The zero-order valence-corrected chi connectivity index (χ0v) is 14.4. The lowest BCUT2D eigenvalue weighted by atomic mass is 9.70. The summed E-state index contributed by atoms with van der Waals surface area (Å²) in [5, 5.41) is 15.5. The summed E-state index contributed by atoms with van der Waals surface area (Å²) in [4.78, 5) is 24.6. The van der Waals surface area contributed by atoms with Crippen LogP contribution in [-0.4, -0.2) is 29.7 Å². The number of nitrogens with one attached hydrogen (secondary N) is 2. The average molecular weight is 330 g/mol. The number of carbonyl (C=O) groups is 2. The van der Waals surface area contributed by atoms with Gasteiger partial charge in [-0.15, -0.1) is 0 Å². The van der Waals surface area contributed by atoms with Crippen LogP contribution in [0, 0.1) is 11.3 Å². The van der Waals surface area contributed by atoms with Gasteiger partial charge in [-0.1, -0.05) is 19.9 Å². The molecule has 130 valence electrons. The number of aryl methyl sites for hydroxylation is 1. The highest BCUT2D eigenvalue weighted by molar-refractivity contribution is 5.94. The molecule has 1 aliphatic carbocycles. The first-order valence-electron chi connectivity index (χ1n) is 8.79. The summed E-state index contributed by atoms with van der Waals surface area (Å²) in [5.74, 6) is 0.196. The van der Waals surface area contributed by atoms with Gasteiger partial charge in [0.25, 0.3) is 5.91 Å². The van der Waals surface area contributed by atoms with E-state index in [9.17, 15) is 14.7 Å². The number of aliphatic hydroxyl groups excluding tert-OH is 1. The van der Waals surface area contributed by atoms with Gasteiger partial charge >= 0.3 is 0 Å². The van der Waals surface area contributed by atoms with Crippen LogP contribution in [0.3, 0.4) is 0 Å². The van der Waals surface area contributed by atoms with Crippen molar-refractivity contribution in [3.8, 4) is 0 Å². The molecule has 1 spiro atoms. The minimum absolute atomic E-state index is 0.148. The summed E-state index contributed by atoms with van der Waals surface area (Å²) in [6.07, 6.45) is 3.02. The van der Waals surface area contributed by atoms with Crippen molar-refractivity contribution < 1.29 is 14.7 Å². The minimum Gasteiger partial charge on any atom is -0.374 e. The number of benzene rings is 1. The van der Waals surface area contributed by atoms with Crippen LogP contribution >= 0.6 is 0 Å². The Hall–Kier alpha value is -1.88. The molecule has 5 nitrogen and oxygen atoms in total. The Kier molecular flexibility index (Phi) is 4.63. The first-order chi connectivity index (χ1) is 11.4. The maximum absolute atomic E-state index is 12.3. The summed E-state index contributed by atoms with van der Waals surface area (Å²) < 4.78 is 0. The molecule has 3 N–H and O–H groups in total. The smallest absolute Gasteiger partial charge is 0.253 e. The standard InChI is InChI=1S/C19H26N2O3/c1-12(2)9-16(22)21-17(23)14-4-3-13-5-6-19(11-15(13)10-14)7-8-20-18(19)24/h3-4,10,12,16,22H,5-9,11H2,1-2H3,(H,20,24)(H,21,23)/t16-,19?/m1/s1. The summed E-state index contributed by atoms with van der Waals surface area (Å²) in [7, 11) is 0. The SMILES string of the molecule is CC(C)C[C@@H](O)NC(=O)c1ccc2c(c1)CC1(CCNC1=O)CC2. The lowest BCUT2D eigenvalue weighted by Gasteiger charge is -2.32. The number of aliphatic hydroxyl groups is 1. The number of hydrogen-bond donors (Lipinski definition) is 3. The Balaban J connectivity index is 1.75. The predicted octanol–water partition coefficient (Wildman–Crippen LogP) is 1.78. The van der Waals surface area contributed by atoms with E-state index in [0.29, 0.717) is 24.3 Å². The molecule has 5 heteroatoms. The van der Waals surface area contributed by atoms with Gasteiger partial charge in [0.2, 0.25) is 5.91 Å². The molecule has 2 aliphatic rings. The van der Waals surface area contributed by atoms with Crippen molar-refractivity contribution in [1.82, 2.24) is 10.6 Å². The van der Waals surface area contributed by atoms with Gasteiger partial charge in [-0.25, -0.2) is 0 Å². The number of carbonyl (C=O) groups excluding carboxylic acids is 2. The van der Waals surface area contributed by atoms with E-state index in [-0.39, 0.29) is 17.2 Å². The molecular weight excluding hydrogens is 304 g/mol. The van der Waals surface area contributed by atoms with E-state index in [0.717, 1.165) is 31.4 Å². The molecule has 0 radical (unpaired) electrons. The van der Waals surface area contributed by atoms with Crippen LogP contribution in [0.25, 0.3) is 0 Å². The van der Waals surface area contributed by atoms with E-state index in [1.165, 1.54) is 5.56 Å². The molecule has 1 unspecified atom stereocenters. The molecule has 2 atom stereocenters. The van der Waals surface area contributed by atoms with Crippen LogP contribution in [0.4, 0.5) is 0 Å². The number of hydrogen-bond acceptors (Lipinski definition) is 3. The Labute approximate surface area is 142 Å². The third-order valence-corrected chi connectivity index (χ3v) is 5.23. The maximum Gasteiger partial charge on any atom is 0.253 e. The van der Waals surface area contributed by atoms with Gasteiger partial charge in [0.15, 0.2) is 0 Å². The van der Waals surface area contributed by atoms with Gasteiger partial charge in [0.1, 0.15) is 6.23 Å². The van der Waals surface area contributed by atoms with E-state index in [2.05, 4.69) is 10.6 Å². The topological polar surface area (TPSA) is 78.4 Å². The van der Waals surface area contributed by atoms with E-state index in [4.69, 9.17) is 0 Å². The molecule has 1 aromatic carbocycles. The monoisotopic (exact) mass is 330 g/mol. The van der Waals surface area contributed by atoms with Crippen LogP contribution < -0.4 is 10.6 Å². The van der Waals surface area contributed by atoms with Crippen molar-refractivity contribution in [3.05, 3.63) is 34.9 Å². The van der Waals surface area contributed by atoms with Crippen LogP contribution in [0.5, 0.6) is 0 Å². The fraction of sp³-hybridized carbons (Fsp3) is 0.579. The highest BCUT2D eigenvalue weighted by Gasteiger charge is 2.44. The lowest BCUT2D eigenvalue weighted by Crippen LogP contribution is -2.37. The molecule has 2 amide bonds. The van der Waals surface area contributed by atoms with Gasteiger partial charge in [-0.3, -0.25) is 9.59 Å². The molecule has 1 aromatic rings. The van der Waals surface area contributed by atoms with Crippen LogP contribution in [0.1, 0.15) is 54.6 Å². The highest BCUT2D eigenvalue weighted by Crippen LogP contribution is 2.41. The van der Waals surface area contributed by atoms with Gasteiger partial charge in [0, 0.05) is 12.1 Å². The Bertz CT molecular complexity index is 656. The fourth-order valence-corrected chi connectivity index (χ4v) is 3.87. The van der Waals surface area contributed by atoms with Crippen molar-refractivity contribution in [2.24, 2.45) is 11.3 Å². The van der Waals surface area contributed by atoms with Crippen molar-refractivity contribution in [2.75, 3.05) is 6.54 Å². The summed E-state index contributed by atoms with van der Waals surface area (Å²) >= 11 is 0. The Morgan fingerprint density at radius 2 is 2.12 bits per heavy atom. The van der Waals surface area contributed by atoms with Gasteiger partial charge in [0.05, 0.1) is 5.41 Å². The van der Waals surface area contributed by atoms with E-state index in [1.807, 2.05) is 32.0 Å². The summed E-state index contributed by atoms with van der Waals surface area (Å²) in [6.45, 7) is 4.75. The molecule has 0 saturated carbocycles. The zero-order valence-electron chi connectivity index (χ0n) is 14.4. The zero-order chi connectivity index (χ0) is 17.3. The number of rotatable bonds is 4. The summed E-state index contributed by atoms with van der Waals surface area (Å²) in [6, 6.07) is 5.68. The molecular formula is C19H26N2O3. The third-order valence-electron chi connectivity index (χ3n) is 5.23. The van der Waals surface area contributed by atoms with Crippen molar-refractivity contribution in [1.29, 1.82) is 0 Å². The second-order valence-electron chi connectivity index (χ2n) is 7.57. The van der Waals surface area contributed by atoms with Crippen molar-refractivity contribution in [2.45, 2.75) is 52.2 Å². The number of fused-ring (bicyclic) bond motifs is 1. The van der Waals surface area contributed by atoms with Gasteiger partial charge in [-0.2, -0.15) is 0 Å². The summed E-state index contributed by atoms with van der Waals surface area (Å²) in [5.41, 5.74) is 2.56. The third kappa shape index (κ3) is 3.31. The molecule has 1 heterocycles. The first kappa shape index (κ1) is 17.0. The van der Waals surface area contributed by atoms with Gasteiger partial charge < -0.3 is 15.7 Å². The average Bonchev–Trinajstić information content (AvgIpc) is 2.86. The van der Waals surface area contributed by atoms with E-state index >= 15 is 0 Å². The molecule has 1 aliphatic heterocycles. The second-order valence-corrected chi connectivity index (χ2v) is 7.57. The number of amides is 2. The highest BCUT2D eigenvalue weighted by atomic mass is 16.3. The largest absolute Gasteiger partial charge is 0.374 e. The van der Waals surface area contributed by atoms with E-state index in [1.54, 1.807) is 0 Å².